The number of hydrogen-bond donors (Lipinski definition) is 0. The number of aromatic nitrogens is 3. The molecule has 0 atom stereocenters. The van der Waals surface area contributed by atoms with Gasteiger partial charge in [0.05, 0.1) is 24.5 Å². The molecule has 0 spiro atoms. The highest BCUT2D eigenvalue weighted by Gasteiger charge is 2.31. The maximum Gasteiger partial charge on any atom is 0.223 e. The fourth-order valence-electron chi connectivity index (χ4n) is 3.71. The van der Waals surface area contributed by atoms with Crippen molar-refractivity contribution in [2.75, 3.05) is 0 Å². The van der Waals surface area contributed by atoms with Gasteiger partial charge in [-0.1, -0.05) is 23.8 Å². The molecule has 138 valence electrons. The Balaban J connectivity index is 1.76. The normalized spacial score (nSPS) is 13.0. The third-order valence-electron chi connectivity index (χ3n) is 5.07. The third-order valence-corrected chi connectivity index (χ3v) is 5.07. The summed E-state index contributed by atoms with van der Waals surface area (Å²) in [6, 6.07) is 10.4. The SMILES string of the molecule is C=CCCC(=O)N1Cc2nn(-c3ccc(C)cc3C)c(-n3cccc3)c2C1. The van der Waals surface area contributed by atoms with E-state index in [2.05, 4.69) is 43.2 Å². The van der Waals surface area contributed by atoms with Gasteiger partial charge >= 0.3 is 0 Å². The molecule has 1 aliphatic rings. The summed E-state index contributed by atoms with van der Waals surface area (Å²) < 4.78 is 4.11. The first-order chi connectivity index (χ1) is 13.1. The average Bonchev–Trinajstić information content (AvgIpc) is 3.35. The Morgan fingerprint density at radius 2 is 2.00 bits per heavy atom. The Hall–Kier alpha value is -3.08. The number of carbonyl (C=O) groups excluding carboxylic acids is 1. The van der Waals surface area contributed by atoms with Gasteiger partial charge in [-0.2, -0.15) is 5.10 Å². The molecule has 0 N–H and O–H groups in total. The van der Waals surface area contributed by atoms with Crippen LogP contribution in [-0.2, 0) is 17.9 Å². The molecule has 5 nitrogen and oxygen atoms in total. The zero-order chi connectivity index (χ0) is 19.0. The number of benzene rings is 1. The second-order valence-electron chi connectivity index (χ2n) is 7.12. The summed E-state index contributed by atoms with van der Waals surface area (Å²) in [7, 11) is 0. The summed E-state index contributed by atoms with van der Waals surface area (Å²) >= 11 is 0. The average molecular weight is 360 g/mol. The topological polar surface area (TPSA) is 43.1 Å². The Morgan fingerprint density at radius 1 is 1.22 bits per heavy atom. The summed E-state index contributed by atoms with van der Waals surface area (Å²) in [5.41, 5.74) is 5.59. The molecule has 1 aliphatic heterocycles. The Labute approximate surface area is 159 Å². The first kappa shape index (κ1) is 17.3. The van der Waals surface area contributed by atoms with Gasteiger partial charge in [0, 0.05) is 24.4 Å². The smallest absolute Gasteiger partial charge is 0.223 e. The highest BCUT2D eigenvalue weighted by Crippen LogP contribution is 2.31. The van der Waals surface area contributed by atoms with Crippen LogP contribution in [0, 0.1) is 13.8 Å². The standard InChI is InChI=1S/C22H24N4O/c1-4-5-8-21(27)25-14-18-19(15-25)23-26(22(18)24-11-6-7-12-24)20-10-9-16(2)13-17(20)3/h4,6-7,9-13H,1,5,8,14-15H2,2-3H3. The first-order valence-electron chi connectivity index (χ1n) is 9.29. The van der Waals surface area contributed by atoms with Gasteiger partial charge in [-0.15, -0.1) is 6.58 Å². The predicted octanol–water partition coefficient (Wildman–Crippen LogP) is 4.09. The van der Waals surface area contributed by atoms with E-state index in [0.717, 1.165) is 22.8 Å². The number of carbonyl (C=O) groups is 1. The first-order valence-corrected chi connectivity index (χ1v) is 9.29. The van der Waals surface area contributed by atoms with Crippen molar-refractivity contribution in [3.8, 4) is 11.5 Å². The van der Waals surface area contributed by atoms with Gasteiger partial charge in [0.15, 0.2) is 0 Å². The molecular formula is C22H24N4O. The lowest BCUT2D eigenvalue weighted by Crippen LogP contribution is -2.26. The molecule has 0 fully saturated rings. The number of amides is 1. The Kier molecular flexibility index (Phi) is 4.44. The second kappa shape index (κ2) is 6.91. The molecule has 0 radical (unpaired) electrons. The fourth-order valence-corrected chi connectivity index (χ4v) is 3.71. The van der Waals surface area contributed by atoms with E-state index in [9.17, 15) is 4.79 Å². The molecule has 3 heterocycles. The minimum atomic E-state index is 0.157. The van der Waals surface area contributed by atoms with E-state index in [0.29, 0.717) is 25.9 Å². The van der Waals surface area contributed by atoms with E-state index in [1.54, 1.807) is 6.08 Å². The van der Waals surface area contributed by atoms with Crippen molar-refractivity contribution in [2.45, 2.75) is 39.8 Å². The van der Waals surface area contributed by atoms with E-state index in [1.165, 1.54) is 11.1 Å². The predicted molar refractivity (Wildman–Crippen MR) is 106 cm³/mol. The van der Waals surface area contributed by atoms with E-state index in [-0.39, 0.29) is 5.91 Å². The Morgan fingerprint density at radius 3 is 2.70 bits per heavy atom. The van der Waals surface area contributed by atoms with Gasteiger partial charge in [0.25, 0.3) is 0 Å². The van der Waals surface area contributed by atoms with Crippen molar-refractivity contribution < 1.29 is 4.79 Å². The van der Waals surface area contributed by atoms with Crippen LogP contribution in [0.3, 0.4) is 0 Å². The highest BCUT2D eigenvalue weighted by atomic mass is 16.2. The van der Waals surface area contributed by atoms with Gasteiger partial charge in [-0.25, -0.2) is 4.68 Å². The molecule has 5 heteroatoms. The zero-order valence-corrected chi connectivity index (χ0v) is 15.9. The number of fused-ring (bicyclic) bond motifs is 1. The van der Waals surface area contributed by atoms with Crippen LogP contribution in [0.5, 0.6) is 0 Å². The van der Waals surface area contributed by atoms with Crippen molar-refractivity contribution in [1.29, 1.82) is 0 Å². The quantitative estimate of drug-likeness (QED) is 0.643. The molecule has 0 bridgehead atoms. The van der Waals surface area contributed by atoms with Gasteiger partial charge in [-0.05, 0) is 44.0 Å². The molecule has 2 aromatic heterocycles. The van der Waals surface area contributed by atoms with E-state index < -0.39 is 0 Å². The largest absolute Gasteiger partial charge is 0.332 e. The fraction of sp³-hybridized carbons (Fsp3) is 0.273. The molecule has 1 aromatic carbocycles. The lowest BCUT2D eigenvalue weighted by molar-refractivity contribution is -0.131. The monoisotopic (exact) mass is 360 g/mol. The van der Waals surface area contributed by atoms with Crippen LogP contribution >= 0.6 is 0 Å². The zero-order valence-electron chi connectivity index (χ0n) is 15.9. The number of hydrogen-bond acceptors (Lipinski definition) is 2. The van der Waals surface area contributed by atoms with Crippen LogP contribution in [0.25, 0.3) is 11.5 Å². The van der Waals surface area contributed by atoms with Gasteiger partial charge in [0.2, 0.25) is 5.91 Å². The van der Waals surface area contributed by atoms with Crippen molar-refractivity contribution in [1.82, 2.24) is 19.2 Å². The molecule has 3 aromatic rings. The molecule has 4 rings (SSSR count). The summed E-state index contributed by atoms with van der Waals surface area (Å²) in [5, 5.41) is 4.90. The Bertz CT molecular complexity index is 998. The van der Waals surface area contributed by atoms with Crippen molar-refractivity contribution in [3.05, 3.63) is 77.8 Å². The van der Waals surface area contributed by atoms with Crippen LogP contribution in [0.1, 0.15) is 35.2 Å². The maximum absolute atomic E-state index is 12.5. The van der Waals surface area contributed by atoms with Crippen LogP contribution < -0.4 is 0 Å². The molecule has 1 amide bonds. The number of allylic oxidation sites excluding steroid dienone is 1. The molecule has 0 saturated carbocycles. The van der Waals surface area contributed by atoms with Gasteiger partial charge in [-0.3, -0.25) is 4.79 Å². The molecule has 27 heavy (non-hydrogen) atoms. The summed E-state index contributed by atoms with van der Waals surface area (Å²) in [6.07, 6.45) is 7.06. The lowest BCUT2D eigenvalue weighted by atomic mass is 10.1. The molecular weight excluding hydrogens is 336 g/mol. The highest BCUT2D eigenvalue weighted by molar-refractivity contribution is 5.77. The molecule has 0 saturated heterocycles. The van der Waals surface area contributed by atoms with Crippen molar-refractivity contribution in [3.63, 3.8) is 0 Å². The number of rotatable bonds is 5. The van der Waals surface area contributed by atoms with Gasteiger partial charge < -0.3 is 9.47 Å². The molecule has 0 unspecified atom stereocenters. The summed E-state index contributed by atoms with van der Waals surface area (Å²) in [4.78, 5) is 14.3. The summed E-state index contributed by atoms with van der Waals surface area (Å²) in [6.45, 7) is 9.08. The number of aryl methyl sites for hydroxylation is 2. The van der Waals surface area contributed by atoms with Crippen molar-refractivity contribution in [2.24, 2.45) is 0 Å². The van der Waals surface area contributed by atoms with Crippen LogP contribution in [-0.4, -0.2) is 25.2 Å². The lowest BCUT2D eigenvalue weighted by Gasteiger charge is -2.18. The van der Waals surface area contributed by atoms with E-state index >= 15 is 0 Å². The minimum absolute atomic E-state index is 0.157. The third kappa shape index (κ3) is 3.10. The summed E-state index contributed by atoms with van der Waals surface area (Å²) in [5.74, 6) is 1.17. The van der Waals surface area contributed by atoms with E-state index in [4.69, 9.17) is 5.10 Å². The van der Waals surface area contributed by atoms with Crippen LogP contribution in [0.2, 0.25) is 0 Å². The minimum Gasteiger partial charge on any atom is -0.332 e. The van der Waals surface area contributed by atoms with Gasteiger partial charge in [0.1, 0.15) is 5.82 Å². The second-order valence-corrected chi connectivity index (χ2v) is 7.12. The van der Waals surface area contributed by atoms with E-state index in [1.807, 2.05) is 34.1 Å². The van der Waals surface area contributed by atoms with Crippen molar-refractivity contribution >= 4 is 5.91 Å². The number of nitrogens with zero attached hydrogens (tertiary/aromatic N) is 4. The van der Waals surface area contributed by atoms with Crippen LogP contribution in [0.15, 0.2) is 55.4 Å². The maximum atomic E-state index is 12.5. The van der Waals surface area contributed by atoms with Crippen LogP contribution in [0.4, 0.5) is 0 Å². The molecule has 0 aliphatic carbocycles.